The molecule has 0 unspecified atom stereocenters. The molecule has 7 heteroatoms. The van der Waals surface area contributed by atoms with Crippen molar-refractivity contribution in [1.29, 1.82) is 0 Å². The van der Waals surface area contributed by atoms with Gasteiger partial charge in [-0.2, -0.15) is 10.1 Å². The topological polar surface area (TPSA) is 100 Å². The Kier molecular flexibility index (Phi) is 1.76. The number of hydrogen-bond donors (Lipinski definition) is 2. The molecule has 0 spiro atoms. The summed E-state index contributed by atoms with van der Waals surface area (Å²) in [5, 5.41) is 15.6. The van der Waals surface area contributed by atoms with E-state index in [2.05, 4.69) is 15.3 Å². The fraction of sp³-hybridized carbons (Fsp3) is 0. The van der Waals surface area contributed by atoms with Crippen LogP contribution in [0.15, 0.2) is 29.2 Å². The fourth-order valence-corrected chi connectivity index (χ4v) is 1.70. The van der Waals surface area contributed by atoms with Crippen molar-refractivity contribution < 1.29 is 9.90 Å². The Hall–Kier alpha value is -2.70. The average molecular weight is 230 g/mol. The molecule has 2 heterocycles. The first-order chi connectivity index (χ1) is 8.16. The second-order valence-electron chi connectivity index (χ2n) is 3.51. The highest BCUT2D eigenvalue weighted by molar-refractivity contribution is 5.93. The molecule has 7 nitrogen and oxygen atoms in total. The Bertz CT molecular complexity index is 802. The molecule has 1 aromatic carbocycles. The lowest BCUT2D eigenvalue weighted by molar-refractivity contribution is 0.0697. The fourth-order valence-electron chi connectivity index (χ4n) is 1.70. The van der Waals surface area contributed by atoms with E-state index in [-0.39, 0.29) is 5.56 Å². The van der Waals surface area contributed by atoms with E-state index in [4.69, 9.17) is 5.11 Å². The lowest BCUT2D eigenvalue weighted by atomic mass is 10.1. The van der Waals surface area contributed by atoms with Crippen molar-refractivity contribution in [1.82, 2.24) is 19.8 Å². The van der Waals surface area contributed by atoms with Crippen LogP contribution in [0, 0.1) is 0 Å². The highest BCUT2D eigenvalue weighted by atomic mass is 16.4. The lowest BCUT2D eigenvalue weighted by Gasteiger charge is -2.01. The number of carbonyl (C=O) groups is 1. The third-order valence-corrected chi connectivity index (χ3v) is 2.50. The molecule has 3 aromatic rings. The van der Waals surface area contributed by atoms with Crippen LogP contribution in [0.4, 0.5) is 0 Å². The normalized spacial score (nSPS) is 11.1. The van der Waals surface area contributed by atoms with Crippen molar-refractivity contribution in [2.24, 2.45) is 0 Å². The highest BCUT2D eigenvalue weighted by Gasteiger charge is 2.10. The molecule has 0 bridgehead atoms. The van der Waals surface area contributed by atoms with Crippen LogP contribution in [0.3, 0.4) is 0 Å². The number of aromatic nitrogens is 4. The van der Waals surface area contributed by atoms with Gasteiger partial charge in [0.2, 0.25) is 0 Å². The molecule has 17 heavy (non-hydrogen) atoms. The number of benzene rings is 1. The van der Waals surface area contributed by atoms with Gasteiger partial charge in [-0.25, -0.2) is 14.5 Å². The first-order valence-corrected chi connectivity index (χ1v) is 4.76. The van der Waals surface area contributed by atoms with Gasteiger partial charge in [-0.1, -0.05) is 0 Å². The molecular formula is C10H6N4O3. The van der Waals surface area contributed by atoms with E-state index >= 15 is 0 Å². The summed E-state index contributed by atoms with van der Waals surface area (Å²) in [5.74, 6) is -1.05. The van der Waals surface area contributed by atoms with E-state index in [1.807, 2.05) is 0 Å². The summed E-state index contributed by atoms with van der Waals surface area (Å²) in [6.07, 6.45) is 1.40. The zero-order chi connectivity index (χ0) is 12.0. The number of H-pyrrole nitrogens is 1. The number of rotatable bonds is 1. The van der Waals surface area contributed by atoms with Crippen LogP contribution in [0.1, 0.15) is 10.4 Å². The number of nitrogens with zero attached hydrogens (tertiary/aromatic N) is 3. The average Bonchev–Trinajstić information content (AvgIpc) is 2.76. The number of carboxylic acid groups (broad SMARTS) is 1. The van der Waals surface area contributed by atoms with Crippen molar-refractivity contribution in [3.05, 3.63) is 40.3 Å². The maximum Gasteiger partial charge on any atom is 0.335 e. The minimum absolute atomic E-state index is 0.103. The predicted molar refractivity (Wildman–Crippen MR) is 58.1 cm³/mol. The van der Waals surface area contributed by atoms with Crippen molar-refractivity contribution in [2.45, 2.75) is 0 Å². The predicted octanol–water partition coefficient (Wildman–Crippen LogP) is 0.269. The van der Waals surface area contributed by atoms with Crippen molar-refractivity contribution in [3.8, 4) is 0 Å². The number of aromatic amines is 1. The molecule has 0 atom stereocenters. The largest absolute Gasteiger partial charge is 0.478 e. The molecule has 84 valence electrons. The summed E-state index contributed by atoms with van der Waals surface area (Å²) < 4.78 is 1.46. The zero-order valence-electron chi connectivity index (χ0n) is 8.41. The van der Waals surface area contributed by atoms with Gasteiger partial charge in [0.05, 0.1) is 22.7 Å². The van der Waals surface area contributed by atoms with E-state index in [9.17, 15) is 9.59 Å². The number of hydrogen-bond acceptors (Lipinski definition) is 4. The lowest BCUT2D eigenvalue weighted by Crippen LogP contribution is -2.10. The zero-order valence-corrected chi connectivity index (χ0v) is 8.41. The molecule has 0 fully saturated rings. The molecule has 0 amide bonds. The van der Waals surface area contributed by atoms with E-state index in [0.717, 1.165) is 0 Å². The van der Waals surface area contributed by atoms with Crippen LogP contribution in [0.25, 0.3) is 16.6 Å². The van der Waals surface area contributed by atoms with E-state index < -0.39 is 11.5 Å². The molecule has 3 rings (SSSR count). The van der Waals surface area contributed by atoms with Gasteiger partial charge in [-0.15, -0.1) is 0 Å². The third-order valence-electron chi connectivity index (χ3n) is 2.50. The smallest absolute Gasteiger partial charge is 0.335 e. The van der Waals surface area contributed by atoms with Crippen LogP contribution in [-0.4, -0.2) is 30.9 Å². The molecule has 2 aromatic heterocycles. The second-order valence-corrected chi connectivity index (χ2v) is 3.51. The van der Waals surface area contributed by atoms with Crippen LogP contribution < -0.4 is 5.56 Å². The van der Waals surface area contributed by atoms with Crippen LogP contribution in [0.5, 0.6) is 0 Å². The number of fused-ring (bicyclic) bond motifs is 3. The first-order valence-electron chi connectivity index (χ1n) is 4.76. The molecular weight excluding hydrogens is 224 g/mol. The molecule has 2 N–H and O–H groups in total. The Balaban J connectivity index is 2.55. The van der Waals surface area contributed by atoms with Gasteiger partial charge in [0.1, 0.15) is 0 Å². The van der Waals surface area contributed by atoms with Crippen molar-refractivity contribution in [2.75, 3.05) is 0 Å². The first kappa shape index (κ1) is 9.52. The summed E-state index contributed by atoms with van der Waals surface area (Å²) in [4.78, 5) is 26.3. The maximum atomic E-state index is 11.7. The monoisotopic (exact) mass is 230 g/mol. The highest BCUT2D eigenvalue weighted by Crippen LogP contribution is 2.12. The standard InChI is InChI=1S/C10H6N4O3/c15-9-6-2-1-5(10(16)17)3-7(6)14-8(12-9)4-11-13-14/h1-4,13H,(H,16,17). The summed E-state index contributed by atoms with van der Waals surface area (Å²) in [5.41, 5.74) is 0.493. The van der Waals surface area contributed by atoms with Gasteiger partial charge < -0.3 is 5.11 Å². The summed E-state index contributed by atoms with van der Waals surface area (Å²) in [7, 11) is 0. The Morgan fingerprint density at radius 1 is 1.41 bits per heavy atom. The minimum Gasteiger partial charge on any atom is -0.478 e. The maximum absolute atomic E-state index is 11.7. The van der Waals surface area contributed by atoms with E-state index in [0.29, 0.717) is 16.6 Å². The minimum atomic E-state index is -1.05. The molecule has 0 aliphatic heterocycles. The number of aromatic carboxylic acids is 1. The van der Waals surface area contributed by atoms with Gasteiger partial charge in [-0.05, 0) is 18.2 Å². The van der Waals surface area contributed by atoms with E-state index in [1.165, 1.54) is 28.9 Å². The van der Waals surface area contributed by atoms with Gasteiger partial charge in [0.25, 0.3) is 5.56 Å². The summed E-state index contributed by atoms with van der Waals surface area (Å²) >= 11 is 0. The molecule has 0 saturated heterocycles. The van der Waals surface area contributed by atoms with Gasteiger partial charge in [0, 0.05) is 0 Å². The number of carboxylic acids is 1. The van der Waals surface area contributed by atoms with Gasteiger partial charge in [-0.3, -0.25) is 4.79 Å². The molecule has 0 aliphatic rings. The Morgan fingerprint density at radius 2 is 2.24 bits per heavy atom. The quantitative estimate of drug-likeness (QED) is 0.624. The Labute approximate surface area is 93.3 Å². The Morgan fingerprint density at radius 3 is 3.00 bits per heavy atom. The van der Waals surface area contributed by atoms with Crippen molar-refractivity contribution >= 4 is 22.5 Å². The summed E-state index contributed by atoms with van der Waals surface area (Å²) in [6, 6.07) is 4.23. The molecule has 0 saturated carbocycles. The SMILES string of the molecule is O=C(O)c1ccc2c(=O)nc3cn[nH]n3c2c1. The molecule has 0 radical (unpaired) electrons. The van der Waals surface area contributed by atoms with Crippen LogP contribution >= 0.6 is 0 Å². The van der Waals surface area contributed by atoms with E-state index in [1.54, 1.807) is 0 Å². The second kappa shape index (κ2) is 3.14. The summed E-state index contributed by atoms with van der Waals surface area (Å²) in [6.45, 7) is 0. The van der Waals surface area contributed by atoms with Crippen LogP contribution in [0.2, 0.25) is 0 Å². The third kappa shape index (κ3) is 1.29. The van der Waals surface area contributed by atoms with Gasteiger partial charge >= 0.3 is 5.97 Å². The number of nitrogens with one attached hydrogen (secondary N) is 1. The van der Waals surface area contributed by atoms with Gasteiger partial charge in [0.15, 0.2) is 5.65 Å². The van der Waals surface area contributed by atoms with Crippen molar-refractivity contribution in [3.63, 3.8) is 0 Å². The molecule has 0 aliphatic carbocycles. The van der Waals surface area contributed by atoms with Crippen LogP contribution in [-0.2, 0) is 0 Å².